The minimum absolute atomic E-state index is 0.0905. The Hall–Kier alpha value is -2.42. The summed E-state index contributed by atoms with van der Waals surface area (Å²) in [6.07, 6.45) is 0.369. The molecule has 0 aliphatic carbocycles. The minimum Gasteiger partial charge on any atom is -0.442 e. The molecule has 0 radical (unpaired) electrons. The van der Waals surface area contributed by atoms with Gasteiger partial charge < -0.3 is 10.1 Å². The fraction of sp³-hybridized carbons (Fsp3) is 0.375. The van der Waals surface area contributed by atoms with Crippen molar-refractivity contribution in [3.8, 4) is 0 Å². The molecular formula is C16H17FN2O5S. The Bertz CT molecular complexity index is 865. The van der Waals surface area contributed by atoms with Gasteiger partial charge in [-0.15, -0.1) is 0 Å². The third-order valence-corrected chi connectivity index (χ3v) is 5.45. The van der Waals surface area contributed by atoms with Gasteiger partial charge in [0.1, 0.15) is 11.9 Å². The summed E-state index contributed by atoms with van der Waals surface area (Å²) in [5, 5.41) is 2.56. The number of sulfone groups is 1. The third-order valence-electron chi connectivity index (χ3n) is 4.02. The summed E-state index contributed by atoms with van der Waals surface area (Å²) >= 11 is 0. The molecule has 134 valence electrons. The summed E-state index contributed by atoms with van der Waals surface area (Å²) in [6.45, 7) is 1.73. The molecular weight excluding hydrogens is 351 g/mol. The van der Waals surface area contributed by atoms with E-state index in [4.69, 9.17) is 4.74 Å². The first-order valence-electron chi connectivity index (χ1n) is 7.67. The van der Waals surface area contributed by atoms with Crippen LogP contribution in [-0.4, -0.2) is 51.1 Å². The first-order valence-corrected chi connectivity index (χ1v) is 9.49. The van der Waals surface area contributed by atoms with Crippen molar-refractivity contribution in [2.75, 3.05) is 29.5 Å². The Morgan fingerprint density at radius 2 is 2.20 bits per heavy atom. The predicted octanol–water partition coefficient (Wildman–Crippen LogP) is 1.10. The van der Waals surface area contributed by atoms with E-state index >= 15 is 0 Å². The van der Waals surface area contributed by atoms with Gasteiger partial charge in [-0.25, -0.2) is 17.6 Å². The second kappa shape index (κ2) is 6.47. The molecule has 2 amide bonds. The highest BCUT2D eigenvalue weighted by Crippen LogP contribution is 2.29. The lowest BCUT2D eigenvalue weighted by Gasteiger charge is -2.14. The Kier molecular flexibility index (Phi) is 4.51. The van der Waals surface area contributed by atoms with Crippen LogP contribution in [0.2, 0.25) is 0 Å². The largest absolute Gasteiger partial charge is 0.442 e. The molecule has 7 nitrogen and oxygen atoms in total. The number of nitrogens with zero attached hydrogens (tertiary/aromatic N) is 1. The second-order valence-corrected chi connectivity index (χ2v) is 8.11. The first kappa shape index (κ1) is 17.4. The molecule has 25 heavy (non-hydrogen) atoms. The van der Waals surface area contributed by atoms with Gasteiger partial charge in [-0.3, -0.25) is 9.69 Å². The van der Waals surface area contributed by atoms with Gasteiger partial charge in [-0.1, -0.05) is 6.08 Å². The van der Waals surface area contributed by atoms with Crippen LogP contribution >= 0.6 is 0 Å². The molecule has 2 aliphatic heterocycles. The van der Waals surface area contributed by atoms with Crippen LogP contribution in [0.15, 0.2) is 24.3 Å². The van der Waals surface area contributed by atoms with Crippen LogP contribution in [-0.2, 0) is 19.4 Å². The highest BCUT2D eigenvalue weighted by molar-refractivity contribution is 7.92. The lowest BCUT2D eigenvalue weighted by molar-refractivity contribution is -0.119. The van der Waals surface area contributed by atoms with E-state index in [1.165, 1.54) is 30.0 Å². The normalized spacial score (nSPS) is 21.8. The molecule has 0 aromatic heterocycles. The van der Waals surface area contributed by atoms with Crippen molar-refractivity contribution in [1.29, 1.82) is 0 Å². The molecule has 3 rings (SSSR count). The van der Waals surface area contributed by atoms with Gasteiger partial charge in [-0.05, 0) is 23.8 Å². The maximum Gasteiger partial charge on any atom is 0.414 e. The van der Waals surface area contributed by atoms with E-state index in [1.54, 1.807) is 6.07 Å². The van der Waals surface area contributed by atoms with E-state index in [-0.39, 0.29) is 36.1 Å². The molecule has 1 unspecified atom stereocenters. The van der Waals surface area contributed by atoms with Crippen molar-refractivity contribution in [2.24, 2.45) is 0 Å². The van der Waals surface area contributed by atoms with Gasteiger partial charge in [0, 0.05) is 12.5 Å². The zero-order valence-corrected chi connectivity index (χ0v) is 14.3. The van der Waals surface area contributed by atoms with Gasteiger partial charge in [0.05, 0.1) is 30.3 Å². The number of nitrogens with one attached hydrogen (secondary N) is 1. The molecule has 0 bridgehead atoms. The second-order valence-electron chi connectivity index (χ2n) is 6.00. The highest BCUT2D eigenvalue weighted by atomic mass is 32.2. The van der Waals surface area contributed by atoms with E-state index in [1.807, 2.05) is 0 Å². The number of carbonyl (C=O) groups excluding carboxylic acids is 2. The summed E-state index contributed by atoms with van der Waals surface area (Å²) in [5.74, 6) is -1.11. The average Bonchev–Trinajstić information content (AvgIpc) is 3.07. The molecule has 9 heteroatoms. The number of cyclic esters (lactones) is 1. The molecule has 1 aromatic carbocycles. The number of benzene rings is 1. The van der Waals surface area contributed by atoms with Gasteiger partial charge in [0.2, 0.25) is 5.91 Å². The van der Waals surface area contributed by atoms with Crippen molar-refractivity contribution in [3.05, 3.63) is 35.7 Å². The lowest BCUT2D eigenvalue weighted by atomic mass is 10.1. The predicted molar refractivity (Wildman–Crippen MR) is 89.3 cm³/mol. The molecule has 1 saturated heterocycles. The molecule has 0 spiro atoms. The minimum atomic E-state index is -3.19. The smallest absolute Gasteiger partial charge is 0.414 e. The summed E-state index contributed by atoms with van der Waals surface area (Å²) < 4.78 is 42.6. The number of carbonyl (C=O) groups is 2. The number of halogens is 1. The van der Waals surface area contributed by atoms with Gasteiger partial charge in [0.25, 0.3) is 0 Å². The van der Waals surface area contributed by atoms with Crippen LogP contribution in [0.4, 0.5) is 14.9 Å². The number of ether oxygens (including phenoxy) is 1. The first-order chi connectivity index (χ1) is 11.7. The maximum atomic E-state index is 14.4. The quantitative estimate of drug-likeness (QED) is 0.859. The van der Waals surface area contributed by atoms with E-state index < -0.39 is 27.9 Å². The Morgan fingerprint density at radius 3 is 2.80 bits per heavy atom. The Morgan fingerprint density at radius 1 is 1.44 bits per heavy atom. The summed E-state index contributed by atoms with van der Waals surface area (Å²) in [6, 6.07) is 4.20. The van der Waals surface area contributed by atoms with Crippen LogP contribution in [0.25, 0.3) is 5.57 Å². The number of amides is 2. The highest BCUT2D eigenvalue weighted by Gasteiger charge is 2.33. The van der Waals surface area contributed by atoms with Gasteiger partial charge >= 0.3 is 6.09 Å². The van der Waals surface area contributed by atoms with E-state index in [0.717, 1.165) is 0 Å². The molecule has 1 N–H and O–H groups in total. The number of hydrogen-bond donors (Lipinski definition) is 1. The lowest BCUT2D eigenvalue weighted by Crippen LogP contribution is -2.33. The SMILES string of the molecule is CC(=O)NCC1CN(c2ccc(C3=CCS(=O)(=O)C3)c(F)c2)C(=O)O1. The van der Waals surface area contributed by atoms with Crippen molar-refractivity contribution in [1.82, 2.24) is 5.32 Å². The molecule has 2 aliphatic rings. The van der Waals surface area contributed by atoms with Crippen LogP contribution < -0.4 is 10.2 Å². The zero-order chi connectivity index (χ0) is 18.2. The average molecular weight is 368 g/mol. The topological polar surface area (TPSA) is 92.8 Å². The number of rotatable bonds is 4. The van der Waals surface area contributed by atoms with Crippen LogP contribution in [0.1, 0.15) is 12.5 Å². The monoisotopic (exact) mass is 368 g/mol. The number of anilines is 1. The van der Waals surface area contributed by atoms with E-state index in [0.29, 0.717) is 11.3 Å². The van der Waals surface area contributed by atoms with Crippen LogP contribution in [0.3, 0.4) is 0 Å². The van der Waals surface area contributed by atoms with Crippen LogP contribution in [0.5, 0.6) is 0 Å². The molecule has 2 heterocycles. The van der Waals surface area contributed by atoms with Crippen molar-refractivity contribution in [2.45, 2.75) is 13.0 Å². The molecule has 1 aromatic rings. The Balaban J connectivity index is 1.75. The fourth-order valence-electron chi connectivity index (χ4n) is 2.80. The zero-order valence-electron chi connectivity index (χ0n) is 13.5. The Labute approximate surface area is 144 Å². The molecule has 1 atom stereocenters. The number of hydrogen-bond acceptors (Lipinski definition) is 5. The van der Waals surface area contributed by atoms with Crippen molar-refractivity contribution >= 4 is 33.1 Å². The van der Waals surface area contributed by atoms with E-state index in [9.17, 15) is 22.4 Å². The van der Waals surface area contributed by atoms with Gasteiger partial charge in [-0.2, -0.15) is 0 Å². The molecule has 0 saturated carbocycles. The summed E-state index contributed by atoms with van der Waals surface area (Å²) in [7, 11) is -3.19. The van der Waals surface area contributed by atoms with Crippen molar-refractivity contribution < 1.29 is 27.1 Å². The summed E-state index contributed by atoms with van der Waals surface area (Å²) in [5.41, 5.74) is 0.960. The van der Waals surface area contributed by atoms with Crippen LogP contribution in [0, 0.1) is 5.82 Å². The molecule has 1 fully saturated rings. The van der Waals surface area contributed by atoms with Gasteiger partial charge in [0.15, 0.2) is 9.84 Å². The fourth-order valence-corrected chi connectivity index (χ4v) is 4.12. The summed E-state index contributed by atoms with van der Waals surface area (Å²) in [4.78, 5) is 24.1. The standard InChI is InChI=1S/C16H17FN2O5S/c1-10(20)18-7-13-8-19(16(21)24-13)12-2-3-14(15(17)6-12)11-4-5-25(22,23)9-11/h2-4,6,13H,5,7-9H2,1H3,(H,18,20). The van der Waals surface area contributed by atoms with E-state index in [2.05, 4.69) is 5.32 Å². The third kappa shape index (κ3) is 3.81. The van der Waals surface area contributed by atoms with Crippen molar-refractivity contribution in [3.63, 3.8) is 0 Å². The maximum absolute atomic E-state index is 14.4.